The van der Waals surface area contributed by atoms with Crippen LogP contribution >= 0.6 is 0 Å². The van der Waals surface area contributed by atoms with Gasteiger partial charge in [0.15, 0.2) is 0 Å². The third-order valence-corrected chi connectivity index (χ3v) is 2.65. The number of carbonyl (C=O) groups excluding carboxylic acids is 1. The van der Waals surface area contributed by atoms with E-state index in [2.05, 4.69) is 4.98 Å². The van der Waals surface area contributed by atoms with Gasteiger partial charge in [0, 0.05) is 11.6 Å². The molecule has 0 bridgehead atoms. The van der Waals surface area contributed by atoms with Crippen molar-refractivity contribution in [3.05, 3.63) is 35.8 Å². The Kier molecular flexibility index (Phi) is 4.17. The molecule has 20 heavy (non-hydrogen) atoms. The summed E-state index contributed by atoms with van der Waals surface area (Å²) in [6.07, 6.45) is 1.14. The molecule has 0 aliphatic carbocycles. The van der Waals surface area contributed by atoms with Gasteiger partial charge in [-0.1, -0.05) is 6.07 Å². The van der Waals surface area contributed by atoms with Crippen LogP contribution in [0.4, 0.5) is 4.39 Å². The quantitative estimate of drug-likeness (QED) is 0.804. The van der Waals surface area contributed by atoms with Gasteiger partial charge in [-0.25, -0.2) is 9.18 Å². The Morgan fingerprint density at radius 3 is 2.80 bits per heavy atom. The maximum absolute atomic E-state index is 13.8. The lowest BCUT2D eigenvalue weighted by atomic mass is 10.1. The molecule has 0 saturated heterocycles. The Labute approximate surface area is 116 Å². The molecule has 0 radical (unpaired) electrons. The number of esters is 1. The van der Waals surface area contributed by atoms with Crippen molar-refractivity contribution in [2.24, 2.45) is 0 Å². The lowest BCUT2D eigenvalue weighted by Gasteiger charge is -2.15. The van der Waals surface area contributed by atoms with E-state index in [1.807, 2.05) is 13.8 Å². The van der Waals surface area contributed by atoms with Gasteiger partial charge in [0.05, 0.1) is 12.7 Å². The molecule has 1 aromatic heterocycles. The number of carbonyl (C=O) groups is 1. The molecule has 0 aliphatic heterocycles. The van der Waals surface area contributed by atoms with Gasteiger partial charge in [-0.15, -0.1) is 0 Å². The molecule has 0 aliphatic rings. The molecule has 0 fully saturated rings. The molecule has 4 nitrogen and oxygen atoms in total. The Morgan fingerprint density at radius 2 is 2.15 bits per heavy atom. The average molecular weight is 277 g/mol. The largest absolute Gasteiger partial charge is 0.489 e. The molecule has 106 valence electrons. The van der Waals surface area contributed by atoms with E-state index in [9.17, 15) is 9.18 Å². The van der Waals surface area contributed by atoms with Gasteiger partial charge < -0.3 is 9.47 Å². The number of halogens is 1. The summed E-state index contributed by atoms with van der Waals surface area (Å²) in [6.45, 7) is 5.64. The summed E-state index contributed by atoms with van der Waals surface area (Å²) in [4.78, 5) is 15.9. The summed E-state index contributed by atoms with van der Waals surface area (Å²) < 4.78 is 24.4. The van der Waals surface area contributed by atoms with Crippen LogP contribution in [-0.4, -0.2) is 23.7 Å². The number of benzene rings is 1. The fourth-order valence-electron chi connectivity index (χ4n) is 1.88. The van der Waals surface area contributed by atoms with Crippen molar-refractivity contribution in [1.29, 1.82) is 0 Å². The fourth-order valence-corrected chi connectivity index (χ4v) is 1.88. The zero-order valence-electron chi connectivity index (χ0n) is 11.6. The minimum atomic E-state index is -0.526. The zero-order chi connectivity index (χ0) is 14.7. The summed E-state index contributed by atoms with van der Waals surface area (Å²) in [5.74, 6) is -0.670. The van der Waals surface area contributed by atoms with Crippen LogP contribution in [0.1, 0.15) is 31.1 Å². The van der Waals surface area contributed by atoms with E-state index in [1.54, 1.807) is 19.1 Å². The van der Waals surface area contributed by atoms with Crippen LogP contribution in [0.5, 0.6) is 5.75 Å². The van der Waals surface area contributed by atoms with Gasteiger partial charge >= 0.3 is 5.97 Å². The normalized spacial score (nSPS) is 10.8. The molecule has 0 unspecified atom stereocenters. The standard InChI is InChI=1S/C15H16FNO3/c1-4-19-15(18)11-8-17-13-10(6-5-7-12(13)16)14(11)20-9(2)3/h5-9H,4H2,1-3H3. The van der Waals surface area contributed by atoms with E-state index < -0.39 is 11.8 Å². The van der Waals surface area contributed by atoms with Gasteiger partial charge in [-0.3, -0.25) is 4.98 Å². The van der Waals surface area contributed by atoms with Crippen molar-refractivity contribution < 1.29 is 18.7 Å². The lowest BCUT2D eigenvalue weighted by molar-refractivity contribution is 0.0520. The van der Waals surface area contributed by atoms with Crippen molar-refractivity contribution in [2.45, 2.75) is 26.9 Å². The summed E-state index contributed by atoms with van der Waals surface area (Å²) in [5, 5.41) is 0.462. The summed E-state index contributed by atoms with van der Waals surface area (Å²) >= 11 is 0. The molecule has 1 heterocycles. The van der Waals surface area contributed by atoms with Gasteiger partial charge in [-0.2, -0.15) is 0 Å². The smallest absolute Gasteiger partial charge is 0.343 e. The molecule has 0 N–H and O–H groups in total. The van der Waals surface area contributed by atoms with Crippen LogP contribution in [0.2, 0.25) is 0 Å². The minimum Gasteiger partial charge on any atom is -0.489 e. The monoisotopic (exact) mass is 277 g/mol. The molecule has 0 atom stereocenters. The molecule has 0 spiro atoms. The predicted molar refractivity (Wildman–Crippen MR) is 73.4 cm³/mol. The third-order valence-electron chi connectivity index (χ3n) is 2.65. The molecular weight excluding hydrogens is 261 g/mol. The molecular formula is C15H16FNO3. The van der Waals surface area contributed by atoms with Gasteiger partial charge in [0.1, 0.15) is 22.6 Å². The van der Waals surface area contributed by atoms with Crippen molar-refractivity contribution in [2.75, 3.05) is 6.61 Å². The number of fused-ring (bicyclic) bond motifs is 1. The lowest BCUT2D eigenvalue weighted by Crippen LogP contribution is -2.13. The zero-order valence-corrected chi connectivity index (χ0v) is 11.6. The number of para-hydroxylation sites is 1. The Bertz CT molecular complexity index is 640. The number of rotatable bonds is 4. The maximum Gasteiger partial charge on any atom is 0.343 e. The van der Waals surface area contributed by atoms with Crippen LogP contribution < -0.4 is 4.74 Å². The van der Waals surface area contributed by atoms with Crippen molar-refractivity contribution in [1.82, 2.24) is 4.98 Å². The Morgan fingerprint density at radius 1 is 1.40 bits per heavy atom. The molecule has 2 rings (SSSR count). The van der Waals surface area contributed by atoms with E-state index in [1.165, 1.54) is 12.3 Å². The summed E-state index contributed by atoms with van der Waals surface area (Å²) in [7, 11) is 0. The average Bonchev–Trinajstić information content (AvgIpc) is 2.39. The number of nitrogens with zero attached hydrogens (tertiary/aromatic N) is 1. The number of hydrogen-bond donors (Lipinski definition) is 0. The number of hydrogen-bond acceptors (Lipinski definition) is 4. The van der Waals surface area contributed by atoms with E-state index in [0.717, 1.165) is 0 Å². The van der Waals surface area contributed by atoms with Crippen LogP contribution in [0.15, 0.2) is 24.4 Å². The second-order valence-corrected chi connectivity index (χ2v) is 4.52. The molecule has 5 heteroatoms. The second-order valence-electron chi connectivity index (χ2n) is 4.52. The molecule has 0 saturated carbocycles. The highest BCUT2D eigenvalue weighted by Gasteiger charge is 2.20. The Balaban J connectivity index is 2.66. The molecule has 1 aromatic carbocycles. The summed E-state index contributed by atoms with van der Waals surface area (Å²) in [6, 6.07) is 4.55. The topological polar surface area (TPSA) is 48.4 Å². The fraction of sp³-hybridized carbons (Fsp3) is 0.333. The first-order chi connectivity index (χ1) is 9.54. The van der Waals surface area contributed by atoms with E-state index in [0.29, 0.717) is 11.1 Å². The molecule has 0 amide bonds. The first-order valence-corrected chi connectivity index (χ1v) is 6.45. The first-order valence-electron chi connectivity index (χ1n) is 6.45. The van der Waals surface area contributed by atoms with E-state index >= 15 is 0 Å². The Hall–Kier alpha value is -2.17. The predicted octanol–water partition coefficient (Wildman–Crippen LogP) is 3.34. The number of aromatic nitrogens is 1. The highest BCUT2D eigenvalue weighted by Crippen LogP contribution is 2.31. The SMILES string of the molecule is CCOC(=O)c1cnc2c(F)cccc2c1OC(C)C. The van der Waals surface area contributed by atoms with Crippen molar-refractivity contribution >= 4 is 16.9 Å². The van der Waals surface area contributed by atoms with E-state index in [4.69, 9.17) is 9.47 Å². The maximum atomic E-state index is 13.8. The van der Waals surface area contributed by atoms with Gasteiger partial charge in [-0.05, 0) is 32.9 Å². The second kappa shape index (κ2) is 5.86. The van der Waals surface area contributed by atoms with Crippen LogP contribution in [0.25, 0.3) is 10.9 Å². The van der Waals surface area contributed by atoms with Crippen molar-refractivity contribution in [3.8, 4) is 5.75 Å². The van der Waals surface area contributed by atoms with Crippen molar-refractivity contribution in [3.63, 3.8) is 0 Å². The van der Waals surface area contributed by atoms with Crippen LogP contribution in [0.3, 0.4) is 0 Å². The highest BCUT2D eigenvalue weighted by atomic mass is 19.1. The van der Waals surface area contributed by atoms with E-state index in [-0.39, 0.29) is 23.8 Å². The van der Waals surface area contributed by atoms with Crippen LogP contribution in [0, 0.1) is 5.82 Å². The number of ether oxygens (including phenoxy) is 2. The minimum absolute atomic E-state index is 0.156. The summed E-state index contributed by atoms with van der Waals surface area (Å²) in [5.41, 5.74) is 0.384. The van der Waals surface area contributed by atoms with Gasteiger partial charge in [0.25, 0.3) is 0 Å². The molecule has 2 aromatic rings. The van der Waals surface area contributed by atoms with Crippen LogP contribution in [-0.2, 0) is 4.74 Å². The highest BCUT2D eigenvalue weighted by molar-refractivity contribution is 5.99. The number of pyridine rings is 1. The third kappa shape index (κ3) is 2.71. The first kappa shape index (κ1) is 14.2. The van der Waals surface area contributed by atoms with Gasteiger partial charge in [0.2, 0.25) is 0 Å².